The highest BCUT2D eigenvalue weighted by Gasteiger charge is 2.33. The van der Waals surface area contributed by atoms with E-state index in [9.17, 15) is 0 Å². The first kappa shape index (κ1) is 13.9. The normalized spacial score (nSPS) is 27.0. The van der Waals surface area contributed by atoms with Crippen molar-refractivity contribution in [2.45, 2.75) is 51.0 Å². The lowest BCUT2D eigenvalue weighted by Gasteiger charge is -2.40. The molecule has 1 rings (SSSR count). The van der Waals surface area contributed by atoms with Crippen LogP contribution in [0.2, 0.25) is 0 Å². The highest BCUT2D eigenvalue weighted by molar-refractivity contribution is 4.91. The summed E-state index contributed by atoms with van der Waals surface area (Å²) in [5, 5.41) is 0. The van der Waals surface area contributed by atoms with Crippen LogP contribution in [0.1, 0.15) is 45.4 Å². The third-order valence-corrected chi connectivity index (χ3v) is 3.93. The molecule has 0 radical (unpaired) electrons. The first-order valence-corrected chi connectivity index (χ1v) is 6.74. The molecule has 1 saturated heterocycles. The van der Waals surface area contributed by atoms with Crippen molar-refractivity contribution in [2.24, 2.45) is 5.73 Å². The van der Waals surface area contributed by atoms with E-state index in [4.69, 9.17) is 10.5 Å². The van der Waals surface area contributed by atoms with Gasteiger partial charge in [-0.2, -0.15) is 0 Å². The minimum Gasteiger partial charge on any atom is -0.381 e. The fourth-order valence-corrected chi connectivity index (χ4v) is 2.57. The zero-order chi connectivity index (χ0) is 11.9. The highest BCUT2D eigenvalue weighted by atomic mass is 16.5. The molecule has 0 aromatic heterocycles. The number of unbranched alkanes of at least 4 members (excludes halogenated alkanes) is 2. The molecular formula is C13H28N2O. The van der Waals surface area contributed by atoms with Crippen molar-refractivity contribution in [3.05, 3.63) is 0 Å². The number of ether oxygens (including phenoxy) is 1. The standard InChI is InChI=1S/C13H28N2O/c1-3-4-5-9-15(2)13(12-14)7-6-10-16-11-8-13/h3-12,14H2,1-2H3. The van der Waals surface area contributed by atoms with Gasteiger partial charge in [0.2, 0.25) is 0 Å². The van der Waals surface area contributed by atoms with Crippen molar-refractivity contribution in [2.75, 3.05) is 33.4 Å². The van der Waals surface area contributed by atoms with Gasteiger partial charge in [-0.25, -0.2) is 0 Å². The van der Waals surface area contributed by atoms with Gasteiger partial charge in [-0.05, 0) is 39.3 Å². The number of nitrogens with two attached hydrogens (primary N) is 1. The maximum atomic E-state index is 6.02. The number of hydrogen-bond donors (Lipinski definition) is 1. The van der Waals surface area contributed by atoms with E-state index >= 15 is 0 Å². The summed E-state index contributed by atoms with van der Waals surface area (Å²) in [6.07, 6.45) is 7.32. The Labute approximate surface area is 100 Å². The molecule has 1 fully saturated rings. The molecule has 0 spiro atoms. The summed E-state index contributed by atoms with van der Waals surface area (Å²) in [6.45, 7) is 5.96. The molecule has 96 valence electrons. The van der Waals surface area contributed by atoms with Gasteiger partial charge in [0.15, 0.2) is 0 Å². The Morgan fingerprint density at radius 1 is 1.25 bits per heavy atom. The largest absolute Gasteiger partial charge is 0.381 e. The fraction of sp³-hybridized carbons (Fsp3) is 1.00. The molecule has 1 aliphatic heterocycles. The molecule has 16 heavy (non-hydrogen) atoms. The molecule has 3 nitrogen and oxygen atoms in total. The minimum absolute atomic E-state index is 0.199. The average Bonchev–Trinajstić information content (AvgIpc) is 2.55. The summed E-state index contributed by atoms with van der Waals surface area (Å²) in [6, 6.07) is 0. The van der Waals surface area contributed by atoms with Gasteiger partial charge in [0, 0.05) is 25.3 Å². The van der Waals surface area contributed by atoms with E-state index in [0.717, 1.165) is 32.6 Å². The SMILES string of the molecule is CCCCCN(C)C1(CN)CCCOCC1. The molecule has 0 bridgehead atoms. The first-order chi connectivity index (χ1) is 7.75. The molecular weight excluding hydrogens is 200 g/mol. The molecule has 0 aromatic rings. The van der Waals surface area contributed by atoms with Gasteiger partial charge in [0.1, 0.15) is 0 Å². The fourth-order valence-electron chi connectivity index (χ4n) is 2.57. The molecule has 1 aliphatic rings. The van der Waals surface area contributed by atoms with Gasteiger partial charge in [-0.3, -0.25) is 4.90 Å². The van der Waals surface area contributed by atoms with Crippen molar-refractivity contribution in [1.29, 1.82) is 0 Å². The molecule has 0 saturated carbocycles. The molecule has 0 aliphatic carbocycles. The van der Waals surface area contributed by atoms with Crippen LogP contribution in [-0.4, -0.2) is 43.8 Å². The Bertz CT molecular complexity index is 177. The third kappa shape index (κ3) is 3.72. The molecule has 0 amide bonds. The van der Waals surface area contributed by atoms with E-state index in [1.807, 2.05) is 0 Å². The molecule has 1 unspecified atom stereocenters. The summed E-state index contributed by atoms with van der Waals surface area (Å²) in [5.74, 6) is 0. The summed E-state index contributed by atoms with van der Waals surface area (Å²) >= 11 is 0. The number of rotatable bonds is 6. The molecule has 0 aromatic carbocycles. The van der Waals surface area contributed by atoms with Gasteiger partial charge in [0.25, 0.3) is 0 Å². The van der Waals surface area contributed by atoms with E-state index in [-0.39, 0.29) is 5.54 Å². The molecule has 1 atom stereocenters. The predicted octanol–water partition coefficient (Wildman–Crippen LogP) is 2.01. The molecule has 2 N–H and O–H groups in total. The first-order valence-electron chi connectivity index (χ1n) is 6.74. The van der Waals surface area contributed by atoms with E-state index in [1.54, 1.807) is 0 Å². The summed E-state index contributed by atoms with van der Waals surface area (Å²) in [7, 11) is 2.23. The summed E-state index contributed by atoms with van der Waals surface area (Å²) < 4.78 is 5.55. The maximum Gasteiger partial charge on any atom is 0.0484 e. The van der Waals surface area contributed by atoms with Crippen molar-refractivity contribution >= 4 is 0 Å². The van der Waals surface area contributed by atoms with Crippen LogP contribution in [-0.2, 0) is 4.74 Å². The van der Waals surface area contributed by atoms with Gasteiger partial charge >= 0.3 is 0 Å². The predicted molar refractivity (Wildman–Crippen MR) is 68.6 cm³/mol. The third-order valence-electron chi connectivity index (χ3n) is 3.93. The Morgan fingerprint density at radius 2 is 2.06 bits per heavy atom. The van der Waals surface area contributed by atoms with Crippen molar-refractivity contribution in [3.8, 4) is 0 Å². The molecule has 3 heteroatoms. The zero-order valence-corrected chi connectivity index (χ0v) is 11.0. The Balaban J connectivity index is 2.48. The van der Waals surface area contributed by atoms with Gasteiger partial charge in [-0.15, -0.1) is 0 Å². The van der Waals surface area contributed by atoms with Crippen LogP contribution in [0.15, 0.2) is 0 Å². The van der Waals surface area contributed by atoms with Gasteiger partial charge in [-0.1, -0.05) is 19.8 Å². The Hall–Kier alpha value is -0.120. The van der Waals surface area contributed by atoms with Crippen LogP contribution >= 0.6 is 0 Å². The van der Waals surface area contributed by atoms with E-state index < -0.39 is 0 Å². The lowest BCUT2D eigenvalue weighted by Crippen LogP contribution is -2.52. The van der Waals surface area contributed by atoms with E-state index in [1.165, 1.54) is 32.2 Å². The second-order valence-electron chi connectivity index (χ2n) is 5.02. The van der Waals surface area contributed by atoms with Gasteiger partial charge in [0.05, 0.1) is 0 Å². The second-order valence-corrected chi connectivity index (χ2v) is 5.02. The van der Waals surface area contributed by atoms with Crippen molar-refractivity contribution < 1.29 is 4.74 Å². The lowest BCUT2D eigenvalue weighted by atomic mass is 9.88. The van der Waals surface area contributed by atoms with Crippen LogP contribution in [0.5, 0.6) is 0 Å². The maximum absolute atomic E-state index is 6.02. The van der Waals surface area contributed by atoms with Crippen LogP contribution in [0.25, 0.3) is 0 Å². The van der Waals surface area contributed by atoms with Gasteiger partial charge < -0.3 is 10.5 Å². The Kier molecular flexibility index (Phi) is 6.32. The van der Waals surface area contributed by atoms with Crippen molar-refractivity contribution in [1.82, 2.24) is 4.90 Å². The van der Waals surface area contributed by atoms with Crippen LogP contribution in [0.3, 0.4) is 0 Å². The Morgan fingerprint density at radius 3 is 2.75 bits per heavy atom. The smallest absolute Gasteiger partial charge is 0.0484 e. The monoisotopic (exact) mass is 228 g/mol. The number of hydrogen-bond acceptors (Lipinski definition) is 3. The zero-order valence-electron chi connectivity index (χ0n) is 11.0. The average molecular weight is 228 g/mol. The van der Waals surface area contributed by atoms with Crippen LogP contribution < -0.4 is 5.73 Å². The molecule has 1 heterocycles. The van der Waals surface area contributed by atoms with Crippen molar-refractivity contribution in [3.63, 3.8) is 0 Å². The summed E-state index contributed by atoms with van der Waals surface area (Å²) in [4.78, 5) is 2.48. The topological polar surface area (TPSA) is 38.5 Å². The van der Waals surface area contributed by atoms with E-state index in [2.05, 4.69) is 18.9 Å². The van der Waals surface area contributed by atoms with Crippen LogP contribution in [0, 0.1) is 0 Å². The quantitative estimate of drug-likeness (QED) is 0.707. The summed E-state index contributed by atoms with van der Waals surface area (Å²) in [5.41, 5.74) is 6.21. The number of likely N-dealkylation sites (N-methyl/N-ethyl adjacent to an activating group) is 1. The second kappa shape index (κ2) is 7.25. The van der Waals surface area contributed by atoms with Crippen LogP contribution in [0.4, 0.5) is 0 Å². The van der Waals surface area contributed by atoms with E-state index in [0.29, 0.717) is 0 Å². The highest BCUT2D eigenvalue weighted by Crippen LogP contribution is 2.26. The lowest BCUT2D eigenvalue weighted by molar-refractivity contribution is 0.0876. The number of nitrogens with zero attached hydrogens (tertiary/aromatic N) is 1. The minimum atomic E-state index is 0.199.